The van der Waals surface area contributed by atoms with Crippen LogP contribution in [0.5, 0.6) is 5.75 Å². The molecule has 1 amide bonds. The number of rotatable bonds is 7. The molecule has 0 fully saturated rings. The summed E-state index contributed by atoms with van der Waals surface area (Å²) in [5.41, 5.74) is 0. The van der Waals surface area contributed by atoms with Crippen LogP contribution in [0.3, 0.4) is 0 Å². The molecule has 4 nitrogen and oxygen atoms in total. The highest BCUT2D eigenvalue weighted by Gasteiger charge is 2.14. The molecule has 0 bridgehead atoms. The maximum absolute atomic E-state index is 13.0. The molecule has 106 valence electrons. The Hall–Kier alpha value is -1.69. The van der Waals surface area contributed by atoms with Crippen molar-refractivity contribution < 1.29 is 18.3 Å². The van der Waals surface area contributed by atoms with E-state index in [0.717, 1.165) is 18.7 Å². The van der Waals surface area contributed by atoms with Gasteiger partial charge in [0.15, 0.2) is 17.7 Å². The molecule has 0 aliphatic carbocycles. The fraction of sp³-hybridized carbons (Fsp3) is 0.462. The monoisotopic (exact) mass is 272 g/mol. The molecule has 2 N–H and O–H groups in total. The van der Waals surface area contributed by atoms with E-state index in [9.17, 15) is 13.6 Å². The molecule has 1 rings (SSSR count). The molecule has 1 aromatic carbocycles. The van der Waals surface area contributed by atoms with Crippen molar-refractivity contribution in [2.24, 2.45) is 0 Å². The van der Waals surface area contributed by atoms with Crippen LogP contribution in [0.25, 0.3) is 0 Å². The molecular weight excluding hydrogens is 254 g/mol. The molecule has 6 heteroatoms. The van der Waals surface area contributed by atoms with E-state index >= 15 is 0 Å². The summed E-state index contributed by atoms with van der Waals surface area (Å²) in [5, 5.41) is 5.73. The van der Waals surface area contributed by atoms with Gasteiger partial charge >= 0.3 is 0 Å². The number of amides is 1. The van der Waals surface area contributed by atoms with Gasteiger partial charge in [0.25, 0.3) is 5.91 Å². The van der Waals surface area contributed by atoms with Crippen LogP contribution in [0.4, 0.5) is 8.78 Å². The first kappa shape index (κ1) is 15.4. The van der Waals surface area contributed by atoms with Gasteiger partial charge in [-0.25, -0.2) is 8.78 Å². The van der Waals surface area contributed by atoms with Gasteiger partial charge in [0.2, 0.25) is 0 Å². The van der Waals surface area contributed by atoms with Gasteiger partial charge < -0.3 is 15.4 Å². The highest BCUT2D eigenvalue weighted by atomic mass is 19.2. The third kappa shape index (κ3) is 5.21. The minimum absolute atomic E-state index is 0.119. The standard InChI is InChI=1S/C13H18F2N2O2/c1-3-16-6-7-17-13(18)9(2)19-10-4-5-11(14)12(15)8-10/h4-5,8-9,16H,3,6-7H2,1-2H3,(H,17,18). The predicted molar refractivity (Wildman–Crippen MR) is 68.0 cm³/mol. The molecule has 0 aliphatic rings. The van der Waals surface area contributed by atoms with Crippen LogP contribution >= 0.6 is 0 Å². The summed E-state index contributed by atoms with van der Waals surface area (Å²) < 4.78 is 30.9. The van der Waals surface area contributed by atoms with Gasteiger partial charge in [0.1, 0.15) is 5.75 Å². The predicted octanol–water partition coefficient (Wildman–Crippen LogP) is 1.46. The van der Waals surface area contributed by atoms with Crippen LogP contribution in [0.15, 0.2) is 18.2 Å². The second-order valence-electron chi connectivity index (χ2n) is 3.98. The molecule has 0 aromatic heterocycles. The molecule has 1 unspecified atom stereocenters. The zero-order valence-corrected chi connectivity index (χ0v) is 11.0. The van der Waals surface area contributed by atoms with Gasteiger partial charge in [0.05, 0.1) is 0 Å². The average Bonchev–Trinajstić information content (AvgIpc) is 2.38. The van der Waals surface area contributed by atoms with E-state index < -0.39 is 17.7 Å². The smallest absolute Gasteiger partial charge is 0.260 e. The maximum Gasteiger partial charge on any atom is 0.260 e. The van der Waals surface area contributed by atoms with E-state index in [1.807, 2.05) is 6.92 Å². The van der Waals surface area contributed by atoms with Gasteiger partial charge in [-0.1, -0.05) is 6.92 Å². The third-order valence-electron chi connectivity index (χ3n) is 2.42. The fourth-order valence-corrected chi connectivity index (χ4v) is 1.40. The van der Waals surface area contributed by atoms with E-state index in [1.54, 1.807) is 6.92 Å². The quantitative estimate of drug-likeness (QED) is 0.739. The first-order chi connectivity index (χ1) is 9.04. The first-order valence-corrected chi connectivity index (χ1v) is 6.14. The lowest BCUT2D eigenvalue weighted by Gasteiger charge is -2.14. The minimum Gasteiger partial charge on any atom is -0.481 e. The van der Waals surface area contributed by atoms with E-state index in [2.05, 4.69) is 10.6 Å². The third-order valence-corrected chi connectivity index (χ3v) is 2.42. The first-order valence-electron chi connectivity index (χ1n) is 6.14. The van der Waals surface area contributed by atoms with Crippen LogP contribution in [0.1, 0.15) is 13.8 Å². The number of ether oxygens (including phenoxy) is 1. The van der Waals surface area contributed by atoms with Crippen molar-refractivity contribution in [3.05, 3.63) is 29.8 Å². The number of hydrogen-bond acceptors (Lipinski definition) is 3. The van der Waals surface area contributed by atoms with Crippen LogP contribution in [-0.2, 0) is 4.79 Å². The molecule has 1 atom stereocenters. The van der Waals surface area contributed by atoms with Crippen molar-refractivity contribution in [1.82, 2.24) is 10.6 Å². The Morgan fingerprint density at radius 2 is 2.05 bits per heavy atom. The Kier molecular flexibility index (Phi) is 6.21. The molecule has 0 spiro atoms. The normalized spacial score (nSPS) is 12.0. The van der Waals surface area contributed by atoms with Crippen molar-refractivity contribution in [2.75, 3.05) is 19.6 Å². The van der Waals surface area contributed by atoms with Gasteiger partial charge in [-0.3, -0.25) is 4.79 Å². The number of nitrogens with one attached hydrogen (secondary N) is 2. The van der Waals surface area contributed by atoms with Gasteiger partial charge in [-0.05, 0) is 25.6 Å². The number of hydrogen-bond donors (Lipinski definition) is 2. The minimum atomic E-state index is -1.00. The van der Waals surface area contributed by atoms with Crippen molar-refractivity contribution in [2.45, 2.75) is 20.0 Å². The van der Waals surface area contributed by atoms with E-state index in [-0.39, 0.29) is 11.7 Å². The van der Waals surface area contributed by atoms with Crippen LogP contribution in [0.2, 0.25) is 0 Å². The molecule has 1 aromatic rings. The van der Waals surface area contributed by atoms with Crippen molar-refractivity contribution in [3.63, 3.8) is 0 Å². The largest absolute Gasteiger partial charge is 0.481 e. The van der Waals surface area contributed by atoms with Crippen molar-refractivity contribution >= 4 is 5.91 Å². The second-order valence-corrected chi connectivity index (χ2v) is 3.98. The number of benzene rings is 1. The summed E-state index contributed by atoms with van der Waals surface area (Å²) in [6.45, 7) is 5.50. The van der Waals surface area contributed by atoms with E-state index in [4.69, 9.17) is 4.74 Å². The zero-order valence-electron chi connectivity index (χ0n) is 11.0. The lowest BCUT2D eigenvalue weighted by atomic mass is 10.3. The Balaban J connectivity index is 2.42. The molecule has 0 radical (unpaired) electrons. The number of carbonyl (C=O) groups excluding carboxylic acids is 1. The zero-order chi connectivity index (χ0) is 14.3. The summed E-state index contributed by atoms with van der Waals surface area (Å²) in [6.07, 6.45) is -0.772. The Morgan fingerprint density at radius 3 is 2.68 bits per heavy atom. The van der Waals surface area contributed by atoms with E-state index in [1.165, 1.54) is 6.07 Å². The number of halogens is 2. The van der Waals surface area contributed by atoms with E-state index in [0.29, 0.717) is 13.1 Å². The molecule has 0 saturated heterocycles. The molecular formula is C13H18F2N2O2. The molecule has 0 saturated carbocycles. The number of carbonyl (C=O) groups is 1. The number of likely N-dealkylation sites (N-methyl/N-ethyl adjacent to an activating group) is 1. The topological polar surface area (TPSA) is 50.4 Å². The lowest BCUT2D eigenvalue weighted by molar-refractivity contribution is -0.127. The van der Waals surface area contributed by atoms with Crippen molar-refractivity contribution in [3.8, 4) is 5.75 Å². The maximum atomic E-state index is 13.0. The summed E-state index contributed by atoms with van der Waals surface area (Å²) in [6, 6.07) is 3.15. The Morgan fingerprint density at radius 1 is 1.32 bits per heavy atom. The average molecular weight is 272 g/mol. The van der Waals surface area contributed by atoms with Gasteiger partial charge in [-0.2, -0.15) is 0 Å². The Labute approximate surface area is 111 Å². The molecule has 0 heterocycles. The molecule has 19 heavy (non-hydrogen) atoms. The second kappa shape index (κ2) is 7.68. The highest BCUT2D eigenvalue weighted by molar-refractivity contribution is 5.80. The van der Waals surface area contributed by atoms with Crippen LogP contribution in [0, 0.1) is 11.6 Å². The van der Waals surface area contributed by atoms with Gasteiger partial charge in [0, 0.05) is 19.2 Å². The highest BCUT2D eigenvalue weighted by Crippen LogP contribution is 2.16. The SMILES string of the molecule is CCNCCNC(=O)C(C)Oc1ccc(F)c(F)c1. The van der Waals surface area contributed by atoms with Gasteiger partial charge in [-0.15, -0.1) is 0 Å². The van der Waals surface area contributed by atoms with Crippen molar-refractivity contribution in [1.29, 1.82) is 0 Å². The summed E-state index contributed by atoms with van der Waals surface area (Å²) in [7, 11) is 0. The summed E-state index contributed by atoms with van der Waals surface area (Å²) in [4.78, 5) is 11.6. The summed E-state index contributed by atoms with van der Waals surface area (Å²) >= 11 is 0. The lowest BCUT2D eigenvalue weighted by Crippen LogP contribution is -2.39. The summed E-state index contributed by atoms with van der Waals surface area (Å²) in [5.74, 6) is -2.14. The molecule has 0 aliphatic heterocycles. The van der Waals surface area contributed by atoms with Crippen LogP contribution in [-0.4, -0.2) is 31.6 Å². The fourth-order valence-electron chi connectivity index (χ4n) is 1.40. The van der Waals surface area contributed by atoms with Crippen LogP contribution < -0.4 is 15.4 Å². The Bertz CT molecular complexity index is 427.